The van der Waals surface area contributed by atoms with E-state index in [0.29, 0.717) is 18.8 Å². The number of nitrogens with one attached hydrogen (secondary N) is 2. The first kappa shape index (κ1) is 19.9. The highest BCUT2D eigenvalue weighted by Gasteiger charge is 2.31. The molecule has 1 aliphatic rings. The van der Waals surface area contributed by atoms with Crippen LogP contribution in [-0.2, 0) is 4.79 Å². The fourth-order valence-corrected chi connectivity index (χ4v) is 3.73. The molecule has 3 amide bonds. The van der Waals surface area contributed by atoms with Crippen LogP contribution >= 0.6 is 11.3 Å². The van der Waals surface area contributed by atoms with E-state index in [0.717, 1.165) is 24.2 Å². The molecule has 0 saturated carbocycles. The van der Waals surface area contributed by atoms with Gasteiger partial charge in [0.05, 0.1) is 5.92 Å². The van der Waals surface area contributed by atoms with Crippen LogP contribution in [0.1, 0.15) is 46.3 Å². The first-order valence-electron chi connectivity index (χ1n) is 9.23. The second-order valence-corrected chi connectivity index (χ2v) is 7.96. The van der Waals surface area contributed by atoms with Crippen LogP contribution in [0.15, 0.2) is 30.3 Å². The van der Waals surface area contributed by atoms with Gasteiger partial charge in [0, 0.05) is 24.8 Å². The van der Waals surface area contributed by atoms with Crippen molar-refractivity contribution in [3.05, 3.63) is 40.3 Å². The number of hydrogen-bond acceptors (Lipinski definition) is 6. The van der Waals surface area contributed by atoms with E-state index >= 15 is 0 Å². The Balaban J connectivity index is 1.63. The predicted octanol–water partition coefficient (Wildman–Crippen LogP) is 2.17. The molecule has 28 heavy (non-hydrogen) atoms. The summed E-state index contributed by atoms with van der Waals surface area (Å²) in [6.07, 6.45) is 1.51. The zero-order valence-corrected chi connectivity index (χ0v) is 16.7. The van der Waals surface area contributed by atoms with Gasteiger partial charge in [-0.15, -0.1) is 10.2 Å². The monoisotopic (exact) mass is 401 g/mol. The zero-order chi connectivity index (χ0) is 20.1. The number of rotatable bonds is 5. The van der Waals surface area contributed by atoms with Crippen LogP contribution < -0.4 is 10.6 Å². The highest BCUT2D eigenvalue weighted by atomic mass is 32.1. The van der Waals surface area contributed by atoms with Gasteiger partial charge in [-0.1, -0.05) is 29.5 Å². The molecule has 0 radical (unpaired) electrons. The van der Waals surface area contributed by atoms with E-state index in [1.165, 1.54) is 0 Å². The summed E-state index contributed by atoms with van der Waals surface area (Å²) in [6.45, 7) is 4.73. The normalized spacial score (nSPS) is 16.7. The lowest BCUT2D eigenvalue weighted by molar-refractivity contribution is -0.126. The van der Waals surface area contributed by atoms with Crippen molar-refractivity contribution >= 4 is 34.7 Å². The smallest absolute Gasteiger partial charge is 0.286 e. The minimum absolute atomic E-state index is 0.0345. The summed E-state index contributed by atoms with van der Waals surface area (Å²) in [6, 6.07) is 9.07. The highest BCUT2D eigenvalue weighted by Crippen LogP contribution is 2.21. The largest absolute Gasteiger partial charge is 0.354 e. The maximum Gasteiger partial charge on any atom is 0.286 e. The van der Waals surface area contributed by atoms with E-state index in [-0.39, 0.29) is 33.8 Å². The van der Waals surface area contributed by atoms with Crippen molar-refractivity contribution < 1.29 is 14.4 Å². The lowest BCUT2D eigenvalue weighted by Gasteiger charge is -2.31. The van der Waals surface area contributed by atoms with Crippen LogP contribution in [0.3, 0.4) is 0 Å². The van der Waals surface area contributed by atoms with Gasteiger partial charge in [0.15, 0.2) is 0 Å². The van der Waals surface area contributed by atoms with Gasteiger partial charge >= 0.3 is 0 Å². The van der Waals surface area contributed by atoms with Crippen LogP contribution in [0.2, 0.25) is 0 Å². The van der Waals surface area contributed by atoms with Crippen molar-refractivity contribution in [2.75, 3.05) is 18.4 Å². The summed E-state index contributed by atoms with van der Waals surface area (Å²) in [5.41, 5.74) is 0.644. The topological polar surface area (TPSA) is 104 Å². The van der Waals surface area contributed by atoms with Crippen LogP contribution in [0.5, 0.6) is 0 Å². The predicted molar refractivity (Wildman–Crippen MR) is 106 cm³/mol. The van der Waals surface area contributed by atoms with Gasteiger partial charge < -0.3 is 15.5 Å². The van der Waals surface area contributed by atoms with E-state index in [1.807, 2.05) is 32.0 Å². The number of anilines is 1. The first-order chi connectivity index (χ1) is 13.4. The van der Waals surface area contributed by atoms with Crippen LogP contribution in [0.25, 0.3) is 0 Å². The zero-order valence-electron chi connectivity index (χ0n) is 15.8. The number of nitrogens with zero attached hydrogens (tertiary/aromatic N) is 3. The number of hydrogen-bond donors (Lipinski definition) is 2. The molecule has 8 nitrogen and oxygen atoms in total. The SMILES string of the molecule is CC(C)NC(=O)C1CCCN(C(=O)c2nnc(C(=O)Nc3ccccc3)s2)C1. The maximum absolute atomic E-state index is 12.8. The molecule has 1 aromatic carbocycles. The molecular formula is C19H23N5O3S. The van der Waals surface area contributed by atoms with Gasteiger partial charge in [0.25, 0.3) is 11.8 Å². The molecule has 0 spiro atoms. The lowest BCUT2D eigenvalue weighted by Crippen LogP contribution is -2.46. The molecule has 9 heteroatoms. The van der Waals surface area contributed by atoms with Crippen LogP contribution in [0, 0.1) is 5.92 Å². The van der Waals surface area contributed by atoms with Crippen molar-refractivity contribution in [1.29, 1.82) is 0 Å². The van der Waals surface area contributed by atoms with Crippen molar-refractivity contribution in [2.45, 2.75) is 32.7 Å². The van der Waals surface area contributed by atoms with E-state index in [9.17, 15) is 14.4 Å². The molecule has 0 bridgehead atoms. The second-order valence-electron chi connectivity index (χ2n) is 6.99. The van der Waals surface area contributed by atoms with Gasteiger partial charge in [0.2, 0.25) is 15.9 Å². The third-order valence-corrected chi connectivity index (χ3v) is 5.25. The summed E-state index contributed by atoms with van der Waals surface area (Å²) in [7, 11) is 0. The van der Waals surface area contributed by atoms with Gasteiger partial charge in [-0.25, -0.2) is 0 Å². The Morgan fingerprint density at radius 3 is 2.57 bits per heavy atom. The third-order valence-electron chi connectivity index (χ3n) is 4.34. The Labute approximate surface area is 167 Å². The quantitative estimate of drug-likeness (QED) is 0.799. The molecule has 2 N–H and O–H groups in total. The molecule has 1 aliphatic heterocycles. The average Bonchev–Trinajstić information content (AvgIpc) is 3.18. The number of amides is 3. The Kier molecular flexibility index (Phi) is 6.35. The average molecular weight is 401 g/mol. The molecular weight excluding hydrogens is 378 g/mol. The summed E-state index contributed by atoms with van der Waals surface area (Å²) < 4.78 is 0. The molecule has 2 aromatic rings. The number of benzene rings is 1. The summed E-state index contributed by atoms with van der Waals surface area (Å²) in [5, 5.41) is 13.6. The summed E-state index contributed by atoms with van der Waals surface area (Å²) in [5.74, 6) is -0.963. The number of carbonyl (C=O) groups excluding carboxylic acids is 3. The Bertz CT molecular complexity index is 852. The summed E-state index contributed by atoms with van der Waals surface area (Å²) in [4.78, 5) is 38.9. The van der Waals surface area contributed by atoms with Crippen molar-refractivity contribution in [2.24, 2.45) is 5.92 Å². The number of aromatic nitrogens is 2. The van der Waals surface area contributed by atoms with Gasteiger partial charge in [0.1, 0.15) is 0 Å². The highest BCUT2D eigenvalue weighted by molar-refractivity contribution is 7.15. The Morgan fingerprint density at radius 1 is 1.14 bits per heavy atom. The van der Waals surface area contributed by atoms with Crippen molar-refractivity contribution in [1.82, 2.24) is 20.4 Å². The Morgan fingerprint density at radius 2 is 1.86 bits per heavy atom. The molecule has 2 heterocycles. The minimum Gasteiger partial charge on any atom is -0.354 e. The number of likely N-dealkylation sites (tertiary alicyclic amines) is 1. The number of carbonyl (C=O) groups is 3. The number of piperidine rings is 1. The van der Waals surface area contributed by atoms with Crippen LogP contribution in [-0.4, -0.2) is 52.0 Å². The van der Waals surface area contributed by atoms with E-state index in [4.69, 9.17) is 0 Å². The fourth-order valence-electron chi connectivity index (χ4n) is 3.02. The van der Waals surface area contributed by atoms with Crippen LogP contribution in [0.4, 0.5) is 5.69 Å². The van der Waals surface area contributed by atoms with E-state index in [1.54, 1.807) is 17.0 Å². The number of para-hydroxylation sites is 1. The first-order valence-corrected chi connectivity index (χ1v) is 10.0. The van der Waals surface area contributed by atoms with Crippen molar-refractivity contribution in [3.8, 4) is 0 Å². The third kappa shape index (κ3) is 4.92. The standard InChI is InChI=1S/C19H23N5O3S/c1-12(2)20-15(25)13-7-6-10-24(11-13)19(27)18-23-22-17(28-18)16(26)21-14-8-4-3-5-9-14/h3-5,8-9,12-13H,6-7,10-11H2,1-2H3,(H,20,25)(H,21,26). The molecule has 148 valence electrons. The minimum atomic E-state index is -0.407. The van der Waals surface area contributed by atoms with Gasteiger partial charge in [-0.3, -0.25) is 14.4 Å². The molecule has 3 rings (SSSR count). The van der Waals surface area contributed by atoms with E-state index < -0.39 is 5.91 Å². The molecule has 1 saturated heterocycles. The summed E-state index contributed by atoms with van der Waals surface area (Å²) >= 11 is 0.956. The fraction of sp³-hybridized carbons (Fsp3) is 0.421. The molecule has 0 aliphatic carbocycles. The second kappa shape index (κ2) is 8.92. The lowest BCUT2D eigenvalue weighted by atomic mass is 9.97. The van der Waals surface area contributed by atoms with Gasteiger partial charge in [-0.05, 0) is 38.8 Å². The van der Waals surface area contributed by atoms with Gasteiger partial charge in [-0.2, -0.15) is 0 Å². The van der Waals surface area contributed by atoms with Crippen molar-refractivity contribution in [3.63, 3.8) is 0 Å². The Hall–Kier alpha value is -2.81. The van der Waals surface area contributed by atoms with E-state index in [2.05, 4.69) is 20.8 Å². The molecule has 1 unspecified atom stereocenters. The molecule has 1 atom stereocenters. The molecule has 1 aromatic heterocycles. The maximum atomic E-state index is 12.8. The molecule has 1 fully saturated rings.